The van der Waals surface area contributed by atoms with Crippen molar-refractivity contribution in [1.82, 2.24) is 20.0 Å². The Hall–Kier alpha value is -2.34. The van der Waals surface area contributed by atoms with Crippen molar-refractivity contribution in [2.75, 3.05) is 26.3 Å². The molecule has 3 heterocycles. The van der Waals surface area contributed by atoms with Crippen molar-refractivity contribution in [2.45, 2.75) is 38.6 Å². The van der Waals surface area contributed by atoms with Gasteiger partial charge in [-0.2, -0.15) is 5.10 Å². The number of carbonyl (C=O) groups is 1. The summed E-state index contributed by atoms with van der Waals surface area (Å²) in [5, 5.41) is 7.56. The van der Waals surface area contributed by atoms with Gasteiger partial charge in [-0.05, 0) is 50.2 Å². The summed E-state index contributed by atoms with van der Waals surface area (Å²) < 4.78 is 7.35. The molecule has 1 atom stereocenters. The summed E-state index contributed by atoms with van der Waals surface area (Å²) in [5.41, 5.74) is 2.42. The first-order valence-corrected chi connectivity index (χ1v) is 9.88. The third-order valence-electron chi connectivity index (χ3n) is 6.13. The standard InChI is InChI=1S/C21H28N4O2/c1-17(18-15-22-25(16-18)19-5-3-2-4-6-19)23-20(26)24-11-7-21(8-12-24)9-13-27-14-10-21/h2-6,15-17H,7-14H2,1H3,(H,23,26)/t17-/m1/s1. The van der Waals surface area contributed by atoms with Gasteiger partial charge in [0.15, 0.2) is 0 Å². The van der Waals surface area contributed by atoms with E-state index in [9.17, 15) is 4.79 Å². The molecule has 27 heavy (non-hydrogen) atoms. The molecule has 2 aliphatic rings. The predicted molar refractivity (Wildman–Crippen MR) is 104 cm³/mol. The normalized spacial score (nSPS) is 20.4. The second-order valence-corrected chi connectivity index (χ2v) is 7.82. The number of carbonyl (C=O) groups excluding carboxylic acids is 1. The first-order chi connectivity index (χ1) is 13.2. The van der Waals surface area contributed by atoms with E-state index in [4.69, 9.17) is 4.74 Å². The van der Waals surface area contributed by atoms with Crippen molar-refractivity contribution in [3.8, 4) is 5.69 Å². The van der Waals surface area contributed by atoms with Crippen molar-refractivity contribution in [1.29, 1.82) is 0 Å². The summed E-state index contributed by atoms with van der Waals surface area (Å²) in [6, 6.07) is 9.94. The van der Waals surface area contributed by atoms with Gasteiger partial charge in [0.2, 0.25) is 0 Å². The summed E-state index contributed by atoms with van der Waals surface area (Å²) in [6.07, 6.45) is 8.25. The predicted octanol–water partition coefficient (Wildman–Crippen LogP) is 3.54. The highest BCUT2D eigenvalue weighted by Crippen LogP contribution is 2.40. The van der Waals surface area contributed by atoms with Gasteiger partial charge in [-0.15, -0.1) is 0 Å². The molecule has 0 bridgehead atoms. The van der Waals surface area contributed by atoms with Gasteiger partial charge in [0, 0.05) is 38.1 Å². The van der Waals surface area contributed by atoms with Gasteiger partial charge in [-0.3, -0.25) is 0 Å². The maximum absolute atomic E-state index is 12.7. The van der Waals surface area contributed by atoms with E-state index in [0.717, 1.165) is 63.2 Å². The van der Waals surface area contributed by atoms with Crippen LogP contribution >= 0.6 is 0 Å². The molecule has 2 amide bonds. The van der Waals surface area contributed by atoms with Crippen LogP contribution in [0.2, 0.25) is 0 Å². The SMILES string of the molecule is C[C@@H](NC(=O)N1CCC2(CCOCC2)CC1)c1cnn(-c2ccccc2)c1. The number of hydrogen-bond acceptors (Lipinski definition) is 3. The fraction of sp³-hybridized carbons (Fsp3) is 0.524. The van der Waals surface area contributed by atoms with Crippen LogP contribution in [0.4, 0.5) is 4.79 Å². The van der Waals surface area contributed by atoms with E-state index in [1.807, 2.05) is 59.2 Å². The molecule has 6 heteroatoms. The Kier molecular flexibility index (Phi) is 5.16. The van der Waals surface area contributed by atoms with Gasteiger partial charge in [0.05, 0.1) is 17.9 Å². The molecule has 1 spiro atoms. The lowest BCUT2D eigenvalue weighted by Gasteiger charge is -2.44. The van der Waals surface area contributed by atoms with Gasteiger partial charge in [0.1, 0.15) is 0 Å². The van der Waals surface area contributed by atoms with Crippen LogP contribution in [0.3, 0.4) is 0 Å². The number of rotatable bonds is 3. The van der Waals surface area contributed by atoms with E-state index >= 15 is 0 Å². The molecule has 4 rings (SSSR count). The molecule has 2 saturated heterocycles. The van der Waals surface area contributed by atoms with Crippen LogP contribution < -0.4 is 5.32 Å². The average molecular weight is 368 g/mol. The second-order valence-electron chi connectivity index (χ2n) is 7.82. The topological polar surface area (TPSA) is 59.4 Å². The van der Waals surface area contributed by atoms with E-state index in [1.54, 1.807) is 0 Å². The number of para-hydroxylation sites is 1. The Bertz CT molecular complexity index is 757. The molecular formula is C21H28N4O2. The van der Waals surface area contributed by atoms with Gasteiger partial charge < -0.3 is 15.0 Å². The van der Waals surface area contributed by atoms with Gasteiger partial charge in [-0.1, -0.05) is 18.2 Å². The van der Waals surface area contributed by atoms with Crippen molar-refractivity contribution in [3.63, 3.8) is 0 Å². The van der Waals surface area contributed by atoms with Crippen molar-refractivity contribution >= 4 is 6.03 Å². The molecule has 2 aliphatic heterocycles. The highest BCUT2D eigenvalue weighted by atomic mass is 16.5. The number of piperidine rings is 1. The monoisotopic (exact) mass is 368 g/mol. The number of ether oxygens (including phenoxy) is 1. The number of likely N-dealkylation sites (tertiary alicyclic amines) is 1. The lowest BCUT2D eigenvalue weighted by Crippen LogP contribution is -2.49. The number of amides is 2. The van der Waals surface area contributed by atoms with Crippen LogP contribution in [0.5, 0.6) is 0 Å². The number of nitrogens with one attached hydrogen (secondary N) is 1. The number of urea groups is 1. The minimum Gasteiger partial charge on any atom is -0.381 e. The minimum absolute atomic E-state index is 0.0249. The van der Waals surface area contributed by atoms with Crippen LogP contribution in [-0.2, 0) is 4.74 Å². The first kappa shape index (κ1) is 18.0. The van der Waals surface area contributed by atoms with Crippen molar-refractivity contribution < 1.29 is 9.53 Å². The summed E-state index contributed by atoms with van der Waals surface area (Å²) >= 11 is 0. The third-order valence-corrected chi connectivity index (χ3v) is 6.13. The lowest BCUT2D eigenvalue weighted by molar-refractivity contribution is -0.0146. The zero-order chi connectivity index (χ0) is 18.7. The van der Waals surface area contributed by atoms with E-state index in [0.29, 0.717) is 5.41 Å². The molecule has 6 nitrogen and oxygen atoms in total. The van der Waals surface area contributed by atoms with Gasteiger partial charge in [-0.25, -0.2) is 9.48 Å². The summed E-state index contributed by atoms with van der Waals surface area (Å²) in [4.78, 5) is 14.6. The van der Waals surface area contributed by atoms with Crippen molar-refractivity contribution in [3.05, 3.63) is 48.3 Å². The molecule has 0 saturated carbocycles. The molecule has 1 aromatic heterocycles. The number of benzene rings is 1. The average Bonchev–Trinajstić information content (AvgIpc) is 3.20. The highest BCUT2D eigenvalue weighted by molar-refractivity contribution is 5.74. The Morgan fingerprint density at radius 2 is 1.85 bits per heavy atom. The van der Waals surface area contributed by atoms with Crippen LogP contribution in [0.15, 0.2) is 42.7 Å². The first-order valence-electron chi connectivity index (χ1n) is 9.88. The molecule has 2 fully saturated rings. The summed E-state index contributed by atoms with van der Waals surface area (Å²) in [5.74, 6) is 0. The van der Waals surface area contributed by atoms with Crippen LogP contribution in [0, 0.1) is 5.41 Å². The summed E-state index contributed by atoms with van der Waals surface area (Å²) in [6.45, 7) is 5.42. The molecule has 144 valence electrons. The molecule has 1 N–H and O–H groups in total. The van der Waals surface area contributed by atoms with E-state index in [-0.39, 0.29) is 12.1 Å². The largest absolute Gasteiger partial charge is 0.381 e. The van der Waals surface area contributed by atoms with Gasteiger partial charge >= 0.3 is 6.03 Å². The Balaban J connectivity index is 1.33. The molecule has 0 aliphatic carbocycles. The smallest absolute Gasteiger partial charge is 0.317 e. The molecule has 0 radical (unpaired) electrons. The zero-order valence-corrected chi connectivity index (χ0v) is 15.9. The van der Waals surface area contributed by atoms with E-state index in [2.05, 4.69) is 10.4 Å². The Morgan fingerprint density at radius 3 is 2.56 bits per heavy atom. The van der Waals surface area contributed by atoms with Crippen molar-refractivity contribution in [2.24, 2.45) is 5.41 Å². The number of hydrogen-bond donors (Lipinski definition) is 1. The summed E-state index contributed by atoms with van der Waals surface area (Å²) in [7, 11) is 0. The second kappa shape index (κ2) is 7.72. The highest BCUT2D eigenvalue weighted by Gasteiger charge is 2.37. The fourth-order valence-electron chi connectivity index (χ4n) is 4.13. The van der Waals surface area contributed by atoms with Crippen LogP contribution in [0.25, 0.3) is 5.69 Å². The number of aromatic nitrogens is 2. The molecule has 0 unspecified atom stereocenters. The maximum Gasteiger partial charge on any atom is 0.317 e. The van der Waals surface area contributed by atoms with E-state index in [1.165, 1.54) is 0 Å². The maximum atomic E-state index is 12.7. The Labute approximate surface area is 160 Å². The van der Waals surface area contributed by atoms with Crippen LogP contribution in [-0.4, -0.2) is 47.0 Å². The fourth-order valence-corrected chi connectivity index (χ4v) is 4.13. The minimum atomic E-state index is -0.0751. The quantitative estimate of drug-likeness (QED) is 0.901. The molecule has 2 aromatic rings. The Morgan fingerprint density at radius 1 is 1.15 bits per heavy atom. The van der Waals surface area contributed by atoms with Crippen LogP contribution in [0.1, 0.15) is 44.2 Å². The third kappa shape index (κ3) is 4.00. The zero-order valence-electron chi connectivity index (χ0n) is 15.9. The lowest BCUT2D eigenvalue weighted by atomic mass is 9.72. The van der Waals surface area contributed by atoms with Gasteiger partial charge in [0.25, 0.3) is 0 Å². The molecular weight excluding hydrogens is 340 g/mol. The number of nitrogens with zero attached hydrogens (tertiary/aromatic N) is 3. The van der Waals surface area contributed by atoms with E-state index < -0.39 is 0 Å². The molecule has 1 aromatic carbocycles.